The molecule has 3 N–H and O–H groups in total. The number of nitrogens with zero attached hydrogens (tertiary/aromatic N) is 5. The van der Waals surface area contributed by atoms with Crippen LogP contribution in [-0.2, 0) is 0 Å². The average Bonchev–Trinajstić information content (AvgIpc) is 3.32. The van der Waals surface area contributed by atoms with Crippen LogP contribution >= 0.6 is 0 Å². The number of fused-ring (bicyclic) bond motifs is 3. The van der Waals surface area contributed by atoms with Gasteiger partial charge in [-0.25, -0.2) is 24.9 Å². The number of benzene rings is 1. The van der Waals surface area contributed by atoms with Crippen LogP contribution in [-0.4, -0.2) is 39.9 Å². The number of aromatic nitrogens is 8. The molecule has 23 heavy (non-hydrogen) atoms. The van der Waals surface area contributed by atoms with Crippen molar-refractivity contribution >= 4 is 21.9 Å². The number of nitrogens with one attached hydrogen (secondary N) is 3. The molecule has 4 aromatic heterocycles. The second-order valence-corrected chi connectivity index (χ2v) is 5.09. The highest BCUT2D eigenvalue weighted by Crippen LogP contribution is 2.25. The summed E-state index contributed by atoms with van der Waals surface area (Å²) >= 11 is 0. The van der Waals surface area contributed by atoms with E-state index < -0.39 is 0 Å². The molecular formula is C15H10N8. The molecule has 0 bridgehead atoms. The summed E-state index contributed by atoms with van der Waals surface area (Å²) in [7, 11) is 0. The first-order valence-electron chi connectivity index (χ1n) is 7.02. The lowest BCUT2D eigenvalue weighted by atomic mass is 10.2. The van der Waals surface area contributed by atoms with E-state index in [-0.39, 0.29) is 0 Å². The molecule has 0 unspecified atom stereocenters. The zero-order valence-electron chi connectivity index (χ0n) is 11.8. The van der Waals surface area contributed by atoms with Crippen molar-refractivity contribution in [3.05, 3.63) is 43.2 Å². The second kappa shape index (κ2) is 4.47. The van der Waals surface area contributed by atoms with Gasteiger partial charge in [0, 0.05) is 24.0 Å². The lowest BCUT2D eigenvalue weighted by Gasteiger charge is -1.94. The number of aromatic amines is 3. The van der Waals surface area contributed by atoms with Crippen molar-refractivity contribution in [3.63, 3.8) is 0 Å². The maximum absolute atomic E-state index is 4.64. The number of rotatable bonds is 2. The second-order valence-electron chi connectivity index (χ2n) is 5.09. The molecule has 0 atom stereocenters. The first kappa shape index (κ1) is 12.0. The van der Waals surface area contributed by atoms with Gasteiger partial charge < -0.3 is 15.0 Å². The van der Waals surface area contributed by atoms with Crippen LogP contribution in [0.3, 0.4) is 0 Å². The molecule has 0 spiro atoms. The van der Waals surface area contributed by atoms with Gasteiger partial charge in [-0.3, -0.25) is 0 Å². The molecule has 8 heteroatoms. The Labute approximate surface area is 129 Å². The third kappa shape index (κ3) is 1.81. The highest BCUT2D eigenvalue weighted by atomic mass is 15.0. The van der Waals surface area contributed by atoms with Gasteiger partial charge in [-0.1, -0.05) is 0 Å². The van der Waals surface area contributed by atoms with Crippen molar-refractivity contribution in [2.45, 2.75) is 0 Å². The normalized spacial score (nSPS) is 11.5. The lowest BCUT2D eigenvalue weighted by molar-refractivity contribution is 1.20. The van der Waals surface area contributed by atoms with E-state index in [9.17, 15) is 0 Å². The molecule has 0 saturated heterocycles. The predicted molar refractivity (Wildman–Crippen MR) is 84.4 cm³/mol. The summed E-state index contributed by atoms with van der Waals surface area (Å²) in [4.78, 5) is 31.1. The Bertz CT molecular complexity index is 1120. The minimum atomic E-state index is 0.648. The zero-order valence-corrected chi connectivity index (χ0v) is 11.8. The van der Waals surface area contributed by atoms with Crippen LogP contribution in [0.2, 0.25) is 0 Å². The Morgan fingerprint density at radius 1 is 0.826 bits per heavy atom. The highest BCUT2D eigenvalue weighted by molar-refractivity contribution is 6.01. The Morgan fingerprint density at radius 3 is 2.74 bits per heavy atom. The van der Waals surface area contributed by atoms with E-state index >= 15 is 0 Å². The molecule has 0 amide bonds. The van der Waals surface area contributed by atoms with Crippen molar-refractivity contribution in [3.8, 4) is 23.2 Å². The van der Waals surface area contributed by atoms with E-state index in [4.69, 9.17) is 0 Å². The van der Waals surface area contributed by atoms with Gasteiger partial charge >= 0.3 is 0 Å². The molecule has 4 heterocycles. The summed E-state index contributed by atoms with van der Waals surface area (Å²) in [5.41, 5.74) is 3.33. The summed E-state index contributed by atoms with van der Waals surface area (Å²) in [6.45, 7) is 0. The first-order chi connectivity index (χ1) is 11.4. The number of imidazole rings is 3. The highest BCUT2D eigenvalue weighted by Gasteiger charge is 2.13. The molecular weight excluding hydrogens is 292 g/mol. The number of H-pyrrole nitrogens is 3. The molecule has 1 aromatic carbocycles. The van der Waals surface area contributed by atoms with Crippen molar-refractivity contribution in [2.24, 2.45) is 0 Å². The van der Waals surface area contributed by atoms with E-state index in [0.717, 1.165) is 33.5 Å². The molecule has 0 aliphatic rings. The fourth-order valence-corrected chi connectivity index (χ4v) is 2.61. The third-order valence-electron chi connectivity index (χ3n) is 3.68. The van der Waals surface area contributed by atoms with Gasteiger partial charge in [0.1, 0.15) is 23.1 Å². The van der Waals surface area contributed by atoms with Crippen LogP contribution in [0.4, 0.5) is 0 Å². The quantitative estimate of drug-likeness (QED) is 0.463. The Hall–Kier alpha value is -3.55. The topological polar surface area (TPSA) is 112 Å². The third-order valence-corrected chi connectivity index (χ3v) is 3.68. The Morgan fingerprint density at radius 2 is 1.83 bits per heavy atom. The summed E-state index contributed by atoms with van der Waals surface area (Å²) < 4.78 is 0. The van der Waals surface area contributed by atoms with Crippen molar-refractivity contribution in [1.82, 2.24) is 39.9 Å². The smallest absolute Gasteiger partial charge is 0.174 e. The van der Waals surface area contributed by atoms with Gasteiger partial charge in [0.05, 0.1) is 11.7 Å². The molecule has 0 aliphatic heterocycles. The van der Waals surface area contributed by atoms with Crippen LogP contribution in [0, 0.1) is 0 Å². The molecule has 5 aromatic rings. The van der Waals surface area contributed by atoms with E-state index in [1.54, 1.807) is 24.8 Å². The Balaban J connectivity index is 1.67. The molecule has 5 rings (SSSR count). The fraction of sp³-hybridized carbons (Fsp3) is 0. The van der Waals surface area contributed by atoms with E-state index in [1.165, 1.54) is 6.33 Å². The SMILES string of the molecule is c1c[nH]c(-c2cnc(-c3nc4c(ccc5cncnc54)[nH]3)[nH]2)n1. The largest absolute Gasteiger partial charge is 0.343 e. The van der Waals surface area contributed by atoms with Crippen molar-refractivity contribution < 1.29 is 0 Å². The molecule has 0 saturated carbocycles. The van der Waals surface area contributed by atoms with Crippen LogP contribution in [0.1, 0.15) is 0 Å². The number of hydrogen-bond donors (Lipinski definition) is 3. The molecule has 8 nitrogen and oxygen atoms in total. The first-order valence-corrected chi connectivity index (χ1v) is 7.02. The van der Waals surface area contributed by atoms with E-state index in [1.807, 2.05) is 12.1 Å². The average molecular weight is 302 g/mol. The summed E-state index contributed by atoms with van der Waals surface area (Å²) in [5, 5.41) is 0.953. The standard InChI is InChI=1S/C15H10N8/c1-2-9-12(11-8(1)5-16-7-20-11)23-15(21-9)14-19-6-10(22-14)13-17-3-4-18-13/h1-7H,(H,17,18)(H,19,22)(H,21,23). The van der Waals surface area contributed by atoms with Crippen LogP contribution < -0.4 is 0 Å². The maximum atomic E-state index is 4.64. The van der Waals surface area contributed by atoms with Gasteiger partial charge in [0.2, 0.25) is 0 Å². The van der Waals surface area contributed by atoms with Gasteiger partial charge in [-0.15, -0.1) is 0 Å². The van der Waals surface area contributed by atoms with Crippen molar-refractivity contribution in [1.29, 1.82) is 0 Å². The van der Waals surface area contributed by atoms with E-state index in [0.29, 0.717) is 11.6 Å². The van der Waals surface area contributed by atoms with Gasteiger partial charge in [-0.05, 0) is 12.1 Å². The van der Waals surface area contributed by atoms with Gasteiger partial charge in [0.25, 0.3) is 0 Å². The van der Waals surface area contributed by atoms with Gasteiger partial charge in [-0.2, -0.15) is 0 Å². The predicted octanol–water partition coefficient (Wildman–Crippen LogP) is 2.29. The minimum Gasteiger partial charge on any atom is -0.343 e. The summed E-state index contributed by atoms with van der Waals surface area (Å²) in [6, 6.07) is 3.93. The van der Waals surface area contributed by atoms with Crippen LogP contribution in [0.25, 0.3) is 45.1 Å². The minimum absolute atomic E-state index is 0.648. The number of hydrogen-bond acceptors (Lipinski definition) is 5. The molecule has 0 fully saturated rings. The zero-order chi connectivity index (χ0) is 15.2. The molecule has 110 valence electrons. The van der Waals surface area contributed by atoms with Gasteiger partial charge in [0.15, 0.2) is 17.5 Å². The summed E-state index contributed by atoms with van der Waals surface area (Å²) in [6.07, 6.45) is 8.49. The maximum Gasteiger partial charge on any atom is 0.174 e. The molecule has 0 aliphatic carbocycles. The fourth-order valence-electron chi connectivity index (χ4n) is 2.61. The van der Waals surface area contributed by atoms with Crippen LogP contribution in [0.15, 0.2) is 43.2 Å². The molecule has 0 radical (unpaired) electrons. The van der Waals surface area contributed by atoms with Crippen molar-refractivity contribution in [2.75, 3.05) is 0 Å². The monoisotopic (exact) mass is 302 g/mol. The Kier molecular flexibility index (Phi) is 2.34. The lowest BCUT2D eigenvalue weighted by Crippen LogP contribution is -1.84. The van der Waals surface area contributed by atoms with Crippen LogP contribution in [0.5, 0.6) is 0 Å². The van der Waals surface area contributed by atoms with E-state index in [2.05, 4.69) is 39.9 Å². The summed E-state index contributed by atoms with van der Waals surface area (Å²) in [5.74, 6) is 2.04.